The van der Waals surface area contributed by atoms with Crippen LogP contribution < -0.4 is 0 Å². The molecule has 0 aliphatic heterocycles. The van der Waals surface area contributed by atoms with Gasteiger partial charge in [0.15, 0.2) is 0 Å². The molecule has 2 nitrogen and oxygen atoms in total. The second-order valence-electron chi connectivity index (χ2n) is 7.29. The standard InChI is InChI=1S/C22H38Cl2O2/c1-2-3-4-5-6-7-8-9-10-11-12-13-14-15-16-17-18-20(22(24)26)19-21(23)25/h9-10,20H,2-8,11-19H2,1H3/b10-9-. The summed E-state index contributed by atoms with van der Waals surface area (Å²) in [7, 11) is 0. The van der Waals surface area contributed by atoms with E-state index in [9.17, 15) is 9.59 Å². The molecule has 0 saturated heterocycles. The van der Waals surface area contributed by atoms with Gasteiger partial charge in [0.2, 0.25) is 10.5 Å². The topological polar surface area (TPSA) is 34.1 Å². The van der Waals surface area contributed by atoms with Crippen molar-refractivity contribution < 1.29 is 9.59 Å². The van der Waals surface area contributed by atoms with Gasteiger partial charge in [-0.05, 0) is 55.3 Å². The third kappa shape index (κ3) is 18.5. The summed E-state index contributed by atoms with van der Waals surface area (Å²) in [4.78, 5) is 22.1. The van der Waals surface area contributed by atoms with Crippen molar-refractivity contribution in [2.24, 2.45) is 5.92 Å². The zero-order valence-electron chi connectivity index (χ0n) is 16.6. The number of hydrogen-bond donors (Lipinski definition) is 0. The van der Waals surface area contributed by atoms with Gasteiger partial charge in [0.05, 0.1) is 0 Å². The summed E-state index contributed by atoms with van der Waals surface area (Å²) >= 11 is 10.8. The van der Waals surface area contributed by atoms with Crippen LogP contribution in [0, 0.1) is 5.92 Å². The first-order chi connectivity index (χ1) is 12.6. The minimum absolute atomic E-state index is 0.0644. The van der Waals surface area contributed by atoms with Crippen molar-refractivity contribution >= 4 is 33.7 Å². The monoisotopic (exact) mass is 404 g/mol. The minimum atomic E-state index is -0.478. The smallest absolute Gasteiger partial charge is 0.225 e. The lowest BCUT2D eigenvalue weighted by atomic mass is 9.98. The Kier molecular flexibility index (Phi) is 19.2. The van der Waals surface area contributed by atoms with E-state index in [1.165, 1.54) is 77.0 Å². The Morgan fingerprint density at radius 2 is 1.19 bits per heavy atom. The second-order valence-corrected chi connectivity index (χ2v) is 8.08. The third-order valence-corrected chi connectivity index (χ3v) is 5.26. The van der Waals surface area contributed by atoms with Gasteiger partial charge in [0.25, 0.3) is 0 Å². The number of allylic oxidation sites excluding steroid dienone is 2. The summed E-state index contributed by atoms with van der Waals surface area (Å²) in [5.41, 5.74) is 0. The van der Waals surface area contributed by atoms with E-state index in [0.717, 1.165) is 12.8 Å². The molecule has 0 rings (SSSR count). The fourth-order valence-electron chi connectivity index (χ4n) is 3.13. The summed E-state index contributed by atoms with van der Waals surface area (Å²) in [6.45, 7) is 2.26. The van der Waals surface area contributed by atoms with Gasteiger partial charge in [-0.2, -0.15) is 0 Å². The second kappa shape index (κ2) is 19.4. The summed E-state index contributed by atoms with van der Waals surface area (Å²) in [5.74, 6) is -0.404. The van der Waals surface area contributed by atoms with Crippen molar-refractivity contribution in [1.29, 1.82) is 0 Å². The van der Waals surface area contributed by atoms with Crippen LogP contribution in [-0.4, -0.2) is 10.5 Å². The molecule has 0 N–H and O–H groups in total. The van der Waals surface area contributed by atoms with Crippen molar-refractivity contribution in [2.75, 3.05) is 0 Å². The average Bonchev–Trinajstić information content (AvgIpc) is 2.59. The van der Waals surface area contributed by atoms with Crippen molar-refractivity contribution in [3.05, 3.63) is 12.2 Å². The molecule has 0 aliphatic carbocycles. The molecule has 0 saturated carbocycles. The highest BCUT2D eigenvalue weighted by molar-refractivity contribution is 6.66. The largest absolute Gasteiger partial charge is 0.281 e. The highest BCUT2D eigenvalue weighted by atomic mass is 35.5. The summed E-state index contributed by atoms with van der Waals surface area (Å²) in [6, 6.07) is 0. The number of rotatable bonds is 19. The fourth-order valence-corrected chi connectivity index (χ4v) is 3.50. The summed E-state index contributed by atoms with van der Waals surface area (Å²) in [6.07, 6.45) is 23.0. The lowest BCUT2D eigenvalue weighted by Gasteiger charge is -2.09. The Balaban J connectivity index is 3.36. The molecule has 0 aromatic carbocycles. The predicted octanol–water partition coefficient (Wildman–Crippen LogP) is 7.95. The van der Waals surface area contributed by atoms with Crippen LogP contribution in [0.25, 0.3) is 0 Å². The highest BCUT2D eigenvalue weighted by Gasteiger charge is 2.18. The quantitative estimate of drug-likeness (QED) is 0.124. The number of unbranched alkanes of at least 4 members (excludes halogenated alkanes) is 12. The van der Waals surface area contributed by atoms with Crippen molar-refractivity contribution in [1.82, 2.24) is 0 Å². The van der Waals surface area contributed by atoms with Crippen molar-refractivity contribution in [2.45, 2.75) is 110 Å². The molecule has 152 valence electrons. The van der Waals surface area contributed by atoms with Gasteiger partial charge >= 0.3 is 0 Å². The third-order valence-electron chi connectivity index (χ3n) is 4.79. The SMILES string of the molecule is CCCCCCCC/C=C\CCCCCCCCC(CC(=O)Cl)C(=O)Cl. The van der Waals surface area contributed by atoms with E-state index in [4.69, 9.17) is 23.2 Å². The maximum Gasteiger partial charge on any atom is 0.225 e. The Morgan fingerprint density at radius 1 is 0.731 bits per heavy atom. The Morgan fingerprint density at radius 3 is 1.65 bits per heavy atom. The first-order valence-corrected chi connectivity index (χ1v) is 11.4. The fraction of sp³-hybridized carbons (Fsp3) is 0.818. The van der Waals surface area contributed by atoms with E-state index in [0.29, 0.717) is 6.42 Å². The maximum atomic E-state index is 11.2. The first-order valence-electron chi connectivity index (χ1n) is 10.6. The minimum Gasteiger partial charge on any atom is -0.281 e. The molecule has 0 amide bonds. The molecule has 26 heavy (non-hydrogen) atoms. The van der Waals surface area contributed by atoms with Crippen LogP contribution in [0.1, 0.15) is 110 Å². The molecule has 4 heteroatoms. The van der Waals surface area contributed by atoms with Crippen molar-refractivity contribution in [3.8, 4) is 0 Å². The van der Waals surface area contributed by atoms with Crippen LogP contribution in [0.3, 0.4) is 0 Å². The van der Waals surface area contributed by atoms with Crippen LogP contribution in [0.2, 0.25) is 0 Å². The van der Waals surface area contributed by atoms with Crippen LogP contribution in [0.4, 0.5) is 0 Å². The van der Waals surface area contributed by atoms with E-state index in [-0.39, 0.29) is 6.42 Å². The van der Waals surface area contributed by atoms with Gasteiger partial charge in [-0.25, -0.2) is 0 Å². The number of hydrogen-bond acceptors (Lipinski definition) is 2. The van der Waals surface area contributed by atoms with Crippen LogP contribution >= 0.6 is 23.2 Å². The Hall–Kier alpha value is -0.340. The van der Waals surface area contributed by atoms with Crippen LogP contribution in [-0.2, 0) is 9.59 Å². The Labute approximate surface area is 171 Å². The van der Waals surface area contributed by atoms with E-state index >= 15 is 0 Å². The zero-order valence-corrected chi connectivity index (χ0v) is 18.1. The number of carbonyl (C=O) groups excluding carboxylic acids is 2. The first kappa shape index (κ1) is 25.7. The molecular formula is C22H38Cl2O2. The molecule has 1 atom stereocenters. The highest BCUT2D eigenvalue weighted by Crippen LogP contribution is 2.19. The van der Waals surface area contributed by atoms with Gasteiger partial charge in [-0.1, -0.05) is 83.3 Å². The van der Waals surface area contributed by atoms with E-state index in [2.05, 4.69) is 19.1 Å². The van der Waals surface area contributed by atoms with Gasteiger partial charge in [-0.3, -0.25) is 9.59 Å². The van der Waals surface area contributed by atoms with E-state index in [1.54, 1.807) is 0 Å². The van der Waals surface area contributed by atoms with Crippen molar-refractivity contribution in [3.63, 3.8) is 0 Å². The summed E-state index contributed by atoms with van der Waals surface area (Å²) in [5, 5.41) is -0.916. The molecule has 0 radical (unpaired) electrons. The molecular weight excluding hydrogens is 367 g/mol. The van der Waals surface area contributed by atoms with Gasteiger partial charge in [0, 0.05) is 12.3 Å². The molecule has 0 aromatic rings. The average molecular weight is 405 g/mol. The molecule has 0 aromatic heterocycles. The van der Waals surface area contributed by atoms with Crippen LogP contribution in [0.5, 0.6) is 0 Å². The van der Waals surface area contributed by atoms with Gasteiger partial charge in [0.1, 0.15) is 0 Å². The normalized spacial score (nSPS) is 12.6. The van der Waals surface area contributed by atoms with E-state index in [1.807, 2.05) is 0 Å². The number of carbonyl (C=O) groups is 2. The molecule has 0 aliphatic rings. The predicted molar refractivity (Wildman–Crippen MR) is 114 cm³/mol. The maximum absolute atomic E-state index is 11.2. The van der Waals surface area contributed by atoms with Gasteiger partial charge in [-0.15, -0.1) is 0 Å². The summed E-state index contributed by atoms with van der Waals surface area (Å²) < 4.78 is 0. The Bertz CT molecular complexity index is 380. The molecule has 0 fully saturated rings. The number of halogens is 2. The van der Waals surface area contributed by atoms with Gasteiger partial charge < -0.3 is 0 Å². The van der Waals surface area contributed by atoms with E-state index < -0.39 is 16.4 Å². The molecule has 1 unspecified atom stereocenters. The van der Waals surface area contributed by atoms with Crippen LogP contribution in [0.15, 0.2) is 12.2 Å². The molecule has 0 bridgehead atoms. The lowest BCUT2D eigenvalue weighted by molar-refractivity contribution is -0.120. The lowest BCUT2D eigenvalue weighted by Crippen LogP contribution is -2.11. The zero-order chi connectivity index (χ0) is 19.5. The molecule has 0 heterocycles. The molecule has 0 spiro atoms.